The van der Waals surface area contributed by atoms with Crippen LogP contribution < -0.4 is 4.74 Å². The number of methoxy groups -OCH3 is 1. The number of benzene rings is 1. The van der Waals surface area contributed by atoms with Crippen LogP contribution in [0.2, 0.25) is 0 Å². The van der Waals surface area contributed by atoms with Gasteiger partial charge >= 0.3 is 0 Å². The molecule has 0 saturated carbocycles. The molecule has 0 aliphatic rings. The fourth-order valence-electron chi connectivity index (χ4n) is 2.43. The van der Waals surface area contributed by atoms with Crippen molar-refractivity contribution in [1.82, 2.24) is 9.80 Å². The van der Waals surface area contributed by atoms with Crippen molar-refractivity contribution >= 4 is 0 Å². The Morgan fingerprint density at radius 2 is 1.67 bits per heavy atom. The number of hydrogen-bond acceptors (Lipinski definition) is 3. The first-order valence-corrected chi connectivity index (χ1v) is 7.66. The fourth-order valence-corrected chi connectivity index (χ4v) is 2.43. The lowest BCUT2D eigenvalue weighted by atomic mass is 9.85. The SMILES string of the molecule is COc1c(C)cc(C(C)(C)C)cc1CN(C)CCN(C)C. The molecule has 0 heterocycles. The highest BCUT2D eigenvalue weighted by Crippen LogP contribution is 2.31. The number of ether oxygens (including phenoxy) is 1. The van der Waals surface area contributed by atoms with Gasteiger partial charge in [0.1, 0.15) is 5.75 Å². The number of rotatable bonds is 6. The smallest absolute Gasteiger partial charge is 0.126 e. The van der Waals surface area contributed by atoms with E-state index in [1.807, 2.05) is 0 Å². The van der Waals surface area contributed by atoms with E-state index < -0.39 is 0 Å². The Morgan fingerprint density at radius 1 is 1.05 bits per heavy atom. The second-order valence-electron chi connectivity index (χ2n) is 7.28. The molecule has 1 aromatic rings. The number of nitrogens with zero attached hydrogens (tertiary/aromatic N) is 2. The van der Waals surface area contributed by atoms with Crippen LogP contribution in [0.1, 0.15) is 37.5 Å². The summed E-state index contributed by atoms with van der Waals surface area (Å²) in [6.07, 6.45) is 0. The first-order valence-electron chi connectivity index (χ1n) is 7.66. The Labute approximate surface area is 130 Å². The molecule has 0 aliphatic carbocycles. The lowest BCUT2D eigenvalue weighted by molar-refractivity contribution is 0.272. The van der Waals surface area contributed by atoms with Gasteiger partial charge in [-0.15, -0.1) is 0 Å². The first-order chi connectivity index (χ1) is 9.65. The summed E-state index contributed by atoms with van der Waals surface area (Å²) >= 11 is 0. The molecular weight excluding hydrogens is 260 g/mol. The van der Waals surface area contributed by atoms with Crippen molar-refractivity contribution < 1.29 is 4.74 Å². The maximum absolute atomic E-state index is 5.63. The summed E-state index contributed by atoms with van der Waals surface area (Å²) in [6, 6.07) is 4.56. The van der Waals surface area contributed by atoms with E-state index in [0.29, 0.717) is 0 Å². The van der Waals surface area contributed by atoms with Crippen molar-refractivity contribution in [2.45, 2.75) is 39.7 Å². The molecule has 1 rings (SSSR count). The average Bonchev–Trinajstić information content (AvgIpc) is 2.35. The van der Waals surface area contributed by atoms with Crippen molar-refractivity contribution in [3.05, 3.63) is 28.8 Å². The largest absolute Gasteiger partial charge is 0.496 e. The minimum atomic E-state index is 0.161. The summed E-state index contributed by atoms with van der Waals surface area (Å²) in [5.74, 6) is 1.03. The third kappa shape index (κ3) is 5.33. The lowest BCUT2D eigenvalue weighted by Gasteiger charge is -2.25. The molecule has 0 aromatic heterocycles. The highest BCUT2D eigenvalue weighted by Gasteiger charge is 2.18. The van der Waals surface area contributed by atoms with E-state index >= 15 is 0 Å². The second kappa shape index (κ2) is 7.28. The van der Waals surface area contributed by atoms with Gasteiger partial charge in [0.2, 0.25) is 0 Å². The molecule has 1 aromatic carbocycles. The monoisotopic (exact) mass is 292 g/mol. The predicted octanol–water partition coefficient (Wildman–Crippen LogP) is 3.29. The molecule has 0 fully saturated rings. The number of likely N-dealkylation sites (N-methyl/N-ethyl adjacent to an activating group) is 2. The zero-order valence-corrected chi connectivity index (χ0v) is 15.1. The van der Waals surface area contributed by atoms with Gasteiger partial charge in [0, 0.05) is 25.2 Å². The van der Waals surface area contributed by atoms with Crippen LogP contribution in [0.3, 0.4) is 0 Å². The van der Waals surface area contributed by atoms with E-state index in [1.54, 1.807) is 7.11 Å². The minimum absolute atomic E-state index is 0.161. The Kier molecular flexibility index (Phi) is 6.24. The molecule has 0 radical (unpaired) electrons. The van der Waals surface area contributed by atoms with Crippen LogP contribution in [-0.4, -0.2) is 51.1 Å². The van der Waals surface area contributed by atoms with Gasteiger partial charge in [0.05, 0.1) is 7.11 Å². The van der Waals surface area contributed by atoms with Crippen LogP contribution >= 0.6 is 0 Å². The van der Waals surface area contributed by atoms with Gasteiger partial charge in [-0.2, -0.15) is 0 Å². The van der Waals surface area contributed by atoms with Gasteiger partial charge in [0.15, 0.2) is 0 Å². The molecule has 120 valence electrons. The van der Waals surface area contributed by atoms with Crippen molar-refractivity contribution in [2.24, 2.45) is 0 Å². The molecule has 0 atom stereocenters. The van der Waals surface area contributed by atoms with Gasteiger partial charge in [-0.05, 0) is 44.6 Å². The molecule has 0 N–H and O–H groups in total. The van der Waals surface area contributed by atoms with Crippen molar-refractivity contribution in [3.8, 4) is 5.75 Å². The van der Waals surface area contributed by atoms with Gasteiger partial charge in [-0.3, -0.25) is 0 Å². The van der Waals surface area contributed by atoms with Crippen LogP contribution in [0.4, 0.5) is 0 Å². The van der Waals surface area contributed by atoms with Crippen molar-refractivity contribution in [2.75, 3.05) is 41.3 Å². The molecule has 0 amide bonds. The molecule has 0 spiro atoms. The van der Waals surface area contributed by atoms with Gasteiger partial charge in [0.25, 0.3) is 0 Å². The summed E-state index contributed by atoms with van der Waals surface area (Å²) in [4.78, 5) is 4.56. The summed E-state index contributed by atoms with van der Waals surface area (Å²) < 4.78 is 5.63. The van der Waals surface area contributed by atoms with E-state index in [-0.39, 0.29) is 5.41 Å². The predicted molar refractivity (Wildman–Crippen MR) is 91.3 cm³/mol. The minimum Gasteiger partial charge on any atom is -0.496 e. The second-order valence-corrected chi connectivity index (χ2v) is 7.28. The van der Waals surface area contributed by atoms with Gasteiger partial charge in [-0.25, -0.2) is 0 Å². The van der Waals surface area contributed by atoms with Crippen molar-refractivity contribution in [3.63, 3.8) is 0 Å². The highest BCUT2D eigenvalue weighted by molar-refractivity contribution is 5.46. The fraction of sp³-hybridized carbons (Fsp3) is 0.667. The third-order valence-electron chi connectivity index (χ3n) is 3.79. The Morgan fingerprint density at radius 3 is 2.14 bits per heavy atom. The Balaban J connectivity index is 3.01. The lowest BCUT2D eigenvalue weighted by Crippen LogP contribution is -2.28. The van der Waals surface area contributed by atoms with Crippen LogP contribution in [0.25, 0.3) is 0 Å². The molecule has 21 heavy (non-hydrogen) atoms. The summed E-state index contributed by atoms with van der Waals surface area (Å²) in [5, 5.41) is 0. The zero-order valence-electron chi connectivity index (χ0n) is 15.1. The Bertz CT molecular complexity index is 461. The van der Waals surface area contributed by atoms with Crippen LogP contribution in [-0.2, 0) is 12.0 Å². The third-order valence-corrected chi connectivity index (χ3v) is 3.79. The highest BCUT2D eigenvalue weighted by atomic mass is 16.5. The molecular formula is C18H32N2O. The zero-order chi connectivity index (χ0) is 16.2. The average molecular weight is 292 g/mol. The molecule has 3 heteroatoms. The quantitative estimate of drug-likeness (QED) is 0.800. The van der Waals surface area contributed by atoms with E-state index in [0.717, 1.165) is 25.4 Å². The summed E-state index contributed by atoms with van der Waals surface area (Å²) in [6.45, 7) is 11.9. The van der Waals surface area contributed by atoms with E-state index in [1.165, 1.54) is 16.7 Å². The van der Waals surface area contributed by atoms with E-state index in [2.05, 4.69) is 70.8 Å². The van der Waals surface area contributed by atoms with Crippen LogP contribution in [0.5, 0.6) is 5.75 Å². The Hall–Kier alpha value is -1.06. The van der Waals surface area contributed by atoms with Crippen LogP contribution in [0, 0.1) is 6.92 Å². The van der Waals surface area contributed by atoms with Crippen molar-refractivity contribution in [1.29, 1.82) is 0 Å². The first kappa shape index (κ1) is 18.0. The van der Waals surface area contributed by atoms with E-state index in [4.69, 9.17) is 4.74 Å². The maximum Gasteiger partial charge on any atom is 0.126 e. The van der Waals surface area contributed by atoms with Gasteiger partial charge in [-0.1, -0.05) is 32.9 Å². The number of aryl methyl sites for hydroxylation is 1. The summed E-state index contributed by atoms with van der Waals surface area (Å²) in [5.41, 5.74) is 4.04. The molecule has 0 unspecified atom stereocenters. The normalized spacial score (nSPS) is 12.3. The maximum atomic E-state index is 5.63. The van der Waals surface area contributed by atoms with Crippen LogP contribution in [0.15, 0.2) is 12.1 Å². The molecule has 0 aliphatic heterocycles. The molecule has 3 nitrogen and oxygen atoms in total. The molecule has 0 bridgehead atoms. The molecule has 0 saturated heterocycles. The number of hydrogen-bond donors (Lipinski definition) is 0. The van der Waals surface area contributed by atoms with Gasteiger partial charge < -0.3 is 14.5 Å². The topological polar surface area (TPSA) is 15.7 Å². The summed E-state index contributed by atoms with van der Waals surface area (Å²) in [7, 11) is 8.15. The standard InChI is InChI=1S/C18H32N2O/c1-14-11-16(18(2,3)4)12-15(17(14)21-8)13-20(7)10-9-19(5)6/h11-12H,9-10,13H2,1-8H3. The van der Waals surface area contributed by atoms with E-state index in [9.17, 15) is 0 Å².